The zero-order valence-electron chi connectivity index (χ0n) is 20.2. The van der Waals surface area contributed by atoms with Crippen LogP contribution in [-0.2, 0) is 14.3 Å². The predicted octanol–water partition coefficient (Wildman–Crippen LogP) is 5.68. The van der Waals surface area contributed by atoms with E-state index in [0.29, 0.717) is 0 Å². The van der Waals surface area contributed by atoms with Gasteiger partial charge in [0, 0.05) is 11.5 Å². The van der Waals surface area contributed by atoms with Gasteiger partial charge in [-0.15, -0.1) is 0 Å². The third kappa shape index (κ3) is 6.30. The molecule has 0 heterocycles. The Balaban J connectivity index is 1.45. The highest BCUT2D eigenvalue weighted by Gasteiger charge is 2.29. The number of ether oxygens (including phenoxy) is 2. The fraction of sp³-hybridized carbons (Fsp3) is 0.267. The molecule has 1 unspecified atom stereocenters. The molecule has 0 fully saturated rings. The van der Waals surface area contributed by atoms with E-state index in [4.69, 9.17) is 9.47 Å². The van der Waals surface area contributed by atoms with Gasteiger partial charge in [0.1, 0.15) is 18.2 Å². The van der Waals surface area contributed by atoms with E-state index in [1.807, 2.05) is 54.6 Å². The number of nitrogens with one attached hydrogen (secondary N) is 1. The van der Waals surface area contributed by atoms with Gasteiger partial charge < -0.3 is 14.8 Å². The smallest absolute Gasteiger partial charge is 0.408 e. The summed E-state index contributed by atoms with van der Waals surface area (Å²) < 4.78 is 11.1. The molecule has 35 heavy (non-hydrogen) atoms. The lowest BCUT2D eigenvalue weighted by atomic mass is 9.98. The quantitative estimate of drug-likeness (QED) is 0.387. The van der Waals surface area contributed by atoms with Crippen LogP contribution in [-0.4, -0.2) is 30.3 Å². The molecule has 1 N–H and O–H groups in total. The van der Waals surface area contributed by atoms with Crippen LogP contribution in [0.3, 0.4) is 0 Å². The van der Waals surface area contributed by atoms with Crippen molar-refractivity contribution in [2.24, 2.45) is 0 Å². The van der Waals surface area contributed by atoms with E-state index in [2.05, 4.69) is 41.4 Å². The average Bonchev–Trinajstić information content (AvgIpc) is 3.14. The molecule has 0 aliphatic heterocycles. The van der Waals surface area contributed by atoms with E-state index in [1.54, 1.807) is 20.8 Å². The summed E-state index contributed by atoms with van der Waals surface area (Å²) in [6, 6.07) is 25.0. The Morgan fingerprint density at radius 1 is 0.886 bits per heavy atom. The Morgan fingerprint density at radius 3 is 2.06 bits per heavy atom. The van der Waals surface area contributed by atoms with E-state index in [0.717, 1.165) is 27.8 Å². The second-order valence-corrected chi connectivity index (χ2v) is 9.45. The van der Waals surface area contributed by atoms with Crippen molar-refractivity contribution < 1.29 is 19.1 Å². The fourth-order valence-electron chi connectivity index (χ4n) is 4.16. The minimum atomic E-state index is -0.749. The topological polar surface area (TPSA) is 64.6 Å². The molecule has 0 aromatic heterocycles. The molecule has 1 aliphatic rings. The van der Waals surface area contributed by atoms with Crippen LogP contribution >= 0.6 is 0 Å². The Kier molecular flexibility index (Phi) is 7.22. The van der Waals surface area contributed by atoms with Crippen molar-refractivity contribution in [2.45, 2.75) is 44.8 Å². The molecule has 4 rings (SSSR count). The lowest BCUT2D eigenvalue weighted by Crippen LogP contribution is -2.38. The van der Waals surface area contributed by atoms with E-state index in [1.165, 1.54) is 0 Å². The van der Waals surface area contributed by atoms with Gasteiger partial charge in [0.25, 0.3) is 0 Å². The first-order valence-corrected chi connectivity index (χ1v) is 11.7. The predicted molar refractivity (Wildman–Crippen MR) is 136 cm³/mol. The number of fused-ring (bicyclic) bond motifs is 3. The van der Waals surface area contributed by atoms with Gasteiger partial charge in [0.05, 0.1) is 6.42 Å². The number of rotatable bonds is 5. The molecule has 0 spiro atoms. The normalized spacial score (nSPS) is 13.0. The Bertz CT molecular complexity index is 1220. The van der Waals surface area contributed by atoms with E-state index >= 15 is 0 Å². The van der Waals surface area contributed by atoms with Crippen LogP contribution in [0.4, 0.5) is 4.79 Å². The van der Waals surface area contributed by atoms with Crippen molar-refractivity contribution in [3.63, 3.8) is 0 Å². The Hall–Kier alpha value is -4.04. The van der Waals surface area contributed by atoms with E-state index < -0.39 is 23.7 Å². The van der Waals surface area contributed by atoms with Crippen LogP contribution in [0.1, 0.15) is 49.8 Å². The number of hydrogen-bond donors (Lipinski definition) is 1. The number of esters is 1. The minimum Gasteiger partial charge on any atom is -0.460 e. The highest BCUT2D eigenvalue weighted by atomic mass is 16.6. The van der Waals surface area contributed by atoms with Crippen LogP contribution in [0, 0.1) is 11.8 Å². The van der Waals surface area contributed by atoms with Crippen LogP contribution in [0.25, 0.3) is 11.1 Å². The van der Waals surface area contributed by atoms with Crippen molar-refractivity contribution >= 4 is 12.1 Å². The summed E-state index contributed by atoms with van der Waals surface area (Å²) in [5.41, 5.74) is 4.75. The van der Waals surface area contributed by atoms with Gasteiger partial charge in [-0.2, -0.15) is 0 Å². The molecule has 0 saturated heterocycles. The number of amides is 1. The van der Waals surface area contributed by atoms with Crippen molar-refractivity contribution in [3.05, 3.63) is 95.6 Å². The lowest BCUT2D eigenvalue weighted by Gasteiger charge is -2.21. The van der Waals surface area contributed by atoms with Crippen molar-refractivity contribution in [2.75, 3.05) is 6.61 Å². The summed E-state index contributed by atoms with van der Waals surface area (Å²) in [5.74, 6) is 5.50. The molecule has 1 amide bonds. The van der Waals surface area contributed by atoms with Gasteiger partial charge in [-0.3, -0.25) is 4.79 Å². The highest BCUT2D eigenvalue weighted by Crippen LogP contribution is 2.44. The maximum atomic E-state index is 12.8. The molecule has 3 aromatic carbocycles. The first-order chi connectivity index (χ1) is 16.8. The molecule has 0 radical (unpaired) electrons. The maximum absolute atomic E-state index is 12.8. The molecule has 178 valence electrons. The standard InChI is InChI=1S/C30H29NO4/c1-30(2,3)35-28(32)19-22(18-17-21-11-5-4-6-12-21)31-29(33)34-20-27-25-15-9-7-13-23(25)24-14-8-10-16-26(24)27/h4-16,22,27H,19-20H2,1-3H3,(H,31,33). The molecular weight excluding hydrogens is 438 g/mol. The third-order valence-electron chi connectivity index (χ3n) is 5.59. The second-order valence-electron chi connectivity index (χ2n) is 9.45. The zero-order chi connectivity index (χ0) is 24.8. The van der Waals surface area contributed by atoms with Crippen LogP contribution < -0.4 is 5.32 Å². The maximum Gasteiger partial charge on any atom is 0.408 e. The van der Waals surface area contributed by atoms with Crippen LogP contribution in [0.5, 0.6) is 0 Å². The van der Waals surface area contributed by atoms with Crippen LogP contribution in [0.2, 0.25) is 0 Å². The van der Waals surface area contributed by atoms with Crippen LogP contribution in [0.15, 0.2) is 78.9 Å². The van der Waals surface area contributed by atoms with Gasteiger partial charge in [0.15, 0.2) is 0 Å². The van der Waals surface area contributed by atoms with Gasteiger partial charge in [-0.1, -0.05) is 78.6 Å². The second kappa shape index (κ2) is 10.5. The van der Waals surface area contributed by atoms with Gasteiger partial charge >= 0.3 is 12.1 Å². The summed E-state index contributed by atoms with van der Waals surface area (Å²) in [6.07, 6.45) is -0.704. The Morgan fingerprint density at radius 2 is 1.46 bits per heavy atom. The SMILES string of the molecule is CC(C)(C)OC(=O)CC(C#Cc1ccccc1)NC(=O)OCC1c2ccccc2-c2ccccc21. The Labute approximate surface area is 206 Å². The summed E-state index contributed by atoms with van der Waals surface area (Å²) in [6.45, 7) is 5.59. The molecule has 5 nitrogen and oxygen atoms in total. The van der Waals surface area contributed by atoms with Gasteiger partial charge in [-0.05, 0) is 55.2 Å². The minimum absolute atomic E-state index is 0.0483. The third-order valence-corrected chi connectivity index (χ3v) is 5.59. The average molecular weight is 468 g/mol. The fourth-order valence-corrected chi connectivity index (χ4v) is 4.16. The number of carbonyl (C=O) groups excluding carboxylic acids is 2. The van der Waals surface area contributed by atoms with Crippen molar-refractivity contribution in [3.8, 4) is 23.0 Å². The summed E-state index contributed by atoms with van der Waals surface area (Å²) in [5, 5.41) is 2.74. The van der Waals surface area contributed by atoms with E-state index in [-0.39, 0.29) is 18.9 Å². The largest absolute Gasteiger partial charge is 0.460 e. The zero-order valence-corrected chi connectivity index (χ0v) is 20.2. The monoisotopic (exact) mass is 467 g/mol. The summed E-state index contributed by atoms with van der Waals surface area (Å²) in [7, 11) is 0. The van der Waals surface area contributed by atoms with Gasteiger partial charge in [0.2, 0.25) is 0 Å². The highest BCUT2D eigenvalue weighted by molar-refractivity contribution is 5.79. The van der Waals surface area contributed by atoms with Gasteiger partial charge in [-0.25, -0.2) is 4.79 Å². The number of benzene rings is 3. The van der Waals surface area contributed by atoms with Crippen molar-refractivity contribution in [1.29, 1.82) is 0 Å². The molecule has 0 saturated carbocycles. The molecule has 5 heteroatoms. The lowest BCUT2D eigenvalue weighted by molar-refractivity contribution is -0.155. The number of carbonyl (C=O) groups is 2. The van der Waals surface area contributed by atoms with E-state index in [9.17, 15) is 9.59 Å². The molecule has 1 aliphatic carbocycles. The molecule has 3 aromatic rings. The number of alkyl carbamates (subject to hydrolysis) is 1. The first-order valence-electron chi connectivity index (χ1n) is 11.7. The molecule has 1 atom stereocenters. The molecular formula is C30H29NO4. The van der Waals surface area contributed by atoms with Crippen molar-refractivity contribution in [1.82, 2.24) is 5.32 Å². The molecule has 0 bridgehead atoms. The first kappa shape index (κ1) is 24.1. The summed E-state index contributed by atoms with van der Waals surface area (Å²) >= 11 is 0. The number of hydrogen-bond acceptors (Lipinski definition) is 4. The summed E-state index contributed by atoms with van der Waals surface area (Å²) in [4.78, 5) is 25.2.